The maximum absolute atomic E-state index is 5.25. The summed E-state index contributed by atoms with van der Waals surface area (Å²) in [5, 5.41) is 0. The summed E-state index contributed by atoms with van der Waals surface area (Å²) in [5.74, 6) is 1.70. The Balaban J connectivity index is 0. The van der Waals surface area contributed by atoms with Crippen molar-refractivity contribution in [3.05, 3.63) is 0 Å². The second kappa shape index (κ2) is 8.55. The molecule has 0 aliphatic rings. The molecule has 0 saturated carbocycles. The predicted molar refractivity (Wildman–Crippen MR) is 61.0 cm³/mol. The molecule has 0 rings (SSSR count). The average Bonchev–Trinajstić information content (AvgIpc) is 1.84. The highest BCUT2D eigenvalue weighted by molar-refractivity contribution is 4.46. The summed E-state index contributed by atoms with van der Waals surface area (Å²) in [6.07, 6.45) is 0.750. The van der Waals surface area contributed by atoms with Crippen LogP contribution in [0.3, 0.4) is 0 Å². The van der Waals surface area contributed by atoms with Crippen LogP contribution in [0.25, 0.3) is 0 Å². The molecule has 0 aromatic carbocycles. The molecule has 0 aliphatic heterocycles. The van der Waals surface area contributed by atoms with Gasteiger partial charge in [0, 0.05) is 0 Å². The molecule has 0 spiro atoms. The monoisotopic (exact) mass is 188 g/mol. The minimum atomic E-state index is 0.375. The van der Waals surface area contributed by atoms with Gasteiger partial charge in [-0.05, 0) is 39.5 Å². The number of rotatable bonds is 3. The molecule has 82 valence electrons. The van der Waals surface area contributed by atoms with Crippen LogP contribution in [0.4, 0.5) is 0 Å². The molecule has 0 N–H and O–H groups in total. The van der Waals surface area contributed by atoms with E-state index in [0.29, 0.717) is 12.2 Å². The molecule has 0 heterocycles. The highest BCUT2D eigenvalue weighted by Gasteiger charge is 1.95. The summed E-state index contributed by atoms with van der Waals surface area (Å²) >= 11 is 0. The van der Waals surface area contributed by atoms with Gasteiger partial charge in [-0.15, -0.1) is 0 Å². The van der Waals surface area contributed by atoms with Crippen LogP contribution in [0, 0.1) is 11.8 Å². The molecule has 0 bridgehead atoms. The van der Waals surface area contributed by atoms with E-state index in [0.717, 1.165) is 11.8 Å². The fourth-order valence-corrected chi connectivity index (χ4v) is 0.544. The number of ether oxygens (including phenoxy) is 1. The van der Waals surface area contributed by atoms with Crippen molar-refractivity contribution in [2.24, 2.45) is 11.8 Å². The van der Waals surface area contributed by atoms with Crippen molar-refractivity contribution in [1.29, 1.82) is 0 Å². The van der Waals surface area contributed by atoms with E-state index in [2.05, 4.69) is 27.7 Å². The molecule has 1 nitrogen and oxygen atoms in total. The summed E-state index contributed by atoms with van der Waals surface area (Å²) in [7, 11) is 0. The molecular weight excluding hydrogens is 160 g/mol. The summed E-state index contributed by atoms with van der Waals surface area (Å²) < 4.78 is 5.25. The third-order valence-corrected chi connectivity index (χ3v) is 1.88. The van der Waals surface area contributed by atoms with Crippen LogP contribution in [0.1, 0.15) is 55.4 Å². The maximum atomic E-state index is 5.25. The Kier molecular flexibility index (Phi) is 10.2. The first kappa shape index (κ1) is 15.4. The minimum absolute atomic E-state index is 0.375. The van der Waals surface area contributed by atoms with Crippen molar-refractivity contribution >= 4 is 0 Å². The smallest absolute Gasteiger partial charge is 0.0522 e. The zero-order chi connectivity index (χ0) is 11.0. The first-order valence-electron chi connectivity index (χ1n) is 5.42. The normalized spacial score (nSPS) is 11.1. The van der Waals surface area contributed by atoms with Gasteiger partial charge in [-0.3, -0.25) is 0 Å². The third-order valence-electron chi connectivity index (χ3n) is 1.88. The lowest BCUT2D eigenvalue weighted by atomic mass is 10.0. The molecule has 0 amide bonds. The topological polar surface area (TPSA) is 9.23 Å². The number of hydrogen-bond acceptors (Lipinski definition) is 1. The molecular formula is C12H28O. The minimum Gasteiger partial charge on any atom is -0.376 e. The quantitative estimate of drug-likeness (QED) is 0.647. The van der Waals surface area contributed by atoms with Crippen LogP contribution in [0.15, 0.2) is 0 Å². The largest absolute Gasteiger partial charge is 0.376 e. The van der Waals surface area contributed by atoms with Gasteiger partial charge in [0.2, 0.25) is 0 Å². The van der Waals surface area contributed by atoms with Crippen molar-refractivity contribution in [2.75, 3.05) is 0 Å². The second-order valence-electron chi connectivity index (χ2n) is 4.72. The van der Waals surface area contributed by atoms with Gasteiger partial charge in [0.05, 0.1) is 12.2 Å². The van der Waals surface area contributed by atoms with E-state index < -0.39 is 0 Å². The predicted octanol–water partition coefficient (Wildman–Crippen LogP) is 4.12. The van der Waals surface area contributed by atoms with Crippen molar-refractivity contribution in [1.82, 2.24) is 0 Å². The Bertz CT molecular complexity index is 81.3. The van der Waals surface area contributed by atoms with Gasteiger partial charge in [-0.1, -0.05) is 27.7 Å². The van der Waals surface area contributed by atoms with E-state index in [1.165, 1.54) is 0 Å². The zero-order valence-corrected chi connectivity index (χ0v) is 10.7. The van der Waals surface area contributed by atoms with Crippen LogP contribution in [0.2, 0.25) is 0 Å². The van der Waals surface area contributed by atoms with Crippen LogP contribution >= 0.6 is 0 Å². The lowest BCUT2D eigenvalue weighted by molar-refractivity contribution is 0.0300. The molecule has 13 heavy (non-hydrogen) atoms. The lowest BCUT2D eigenvalue weighted by Crippen LogP contribution is -2.09. The van der Waals surface area contributed by atoms with Crippen LogP contribution in [0.5, 0.6) is 0 Å². The van der Waals surface area contributed by atoms with Gasteiger partial charge in [0.15, 0.2) is 0 Å². The molecule has 1 heteroatoms. The van der Waals surface area contributed by atoms with Crippen molar-refractivity contribution < 1.29 is 4.74 Å². The third kappa shape index (κ3) is 18.7. The highest BCUT2D eigenvalue weighted by atomic mass is 16.5. The van der Waals surface area contributed by atoms with Gasteiger partial charge >= 0.3 is 0 Å². The Hall–Kier alpha value is -0.0400. The molecule has 0 aromatic heterocycles. The molecule has 0 aliphatic carbocycles. The standard InChI is InChI=1S/C6H14O.C6H14/c1-5(2)7-6(3)4;1-5(2)6(3)4/h5-6H,1-4H3;5-6H,1-4H3. The van der Waals surface area contributed by atoms with Gasteiger partial charge < -0.3 is 4.74 Å². The van der Waals surface area contributed by atoms with Crippen LogP contribution < -0.4 is 0 Å². The fraction of sp³-hybridized carbons (Fsp3) is 1.00. The Morgan fingerprint density at radius 3 is 0.769 bits per heavy atom. The number of hydrogen-bond donors (Lipinski definition) is 0. The molecule has 0 unspecified atom stereocenters. The summed E-state index contributed by atoms with van der Waals surface area (Å²) in [6.45, 7) is 17.1. The fourth-order valence-electron chi connectivity index (χ4n) is 0.544. The van der Waals surface area contributed by atoms with Gasteiger partial charge in [-0.25, -0.2) is 0 Å². The zero-order valence-electron chi connectivity index (χ0n) is 10.7. The Morgan fingerprint density at radius 2 is 0.769 bits per heavy atom. The molecule has 0 radical (unpaired) electrons. The van der Waals surface area contributed by atoms with E-state index >= 15 is 0 Å². The Morgan fingerprint density at radius 1 is 0.538 bits per heavy atom. The van der Waals surface area contributed by atoms with E-state index in [-0.39, 0.29) is 0 Å². The summed E-state index contributed by atoms with van der Waals surface area (Å²) in [4.78, 5) is 0. The van der Waals surface area contributed by atoms with Crippen LogP contribution in [-0.4, -0.2) is 12.2 Å². The van der Waals surface area contributed by atoms with Crippen molar-refractivity contribution in [2.45, 2.75) is 67.6 Å². The first-order valence-corrected chi connectivity index (χ1v) is 5.42. The SMILES string of the molecule is CC(C)C(C)C.CC(C)OC(C)C. The van der Waals surface area contributed by atoms with E-state index in [9.17, 15) is 0 Å². The van der Waals surface area contributed by atoms with Gasteiger partial charge in [0.1, 0.15) is 0 Å². The average molecular weight is 188 g/mol. The molecule has 0 aromatic rings. The van der Waals surface area contributed by atoms with E-state index in [1.54, 1.807) is 0 Å². The first-order chi connectivity index (χ1) is 5.77. The van der Waals surface area contributed by atoms with Crippen LogP contribution in [-0.2, 0) is 4.74 Å². The maximum Gasteiger partial charge on any atom is 0.0522 e. The molecule has 0 atom stereocenters. The van der Waals surface area contributed by atoms with E-state index in [1.807, 2.05) is 27.7 Å². The molecule has 0 fully saturated rings. The summed E-state index contributed by atoms with van der Waals surface area (Å²) in [5.41, 5.74) is 0. The van der Waals surface area contributed by atoms with Gasteiger partial charge in [-0.2, -0.15) is 0 Å². The van der Waals surface area contributed by atoms with Crippen molar-refractivity contribution in [3.8, 4) is 0 Å². The van der Waals surface area contributed by atoms with Gasteiger partial charge in [0.25, 0.3) is 0 Å². The molecule has 0 saturated heterocycles. The highest BCUT2D eigenvalue weighted by Crippen LogP contribution is 2.05. The second-order valence-corrected chi connectivity index (χ2v) is 4.72. The van der Waals surface area contributed by atoms with Crippen molar-refractivity contribution in [3.63, 3.8) is 0 Å². The Labute approximate surface area is 84.9 Å². The van der Waals surface area contributed by atoms with E-state index in [4.69, 9.17) is 4.74 Å². The lowest BCUT2D eigenvalue weighted by Gasteiger charge is -2.09. The summed E-state index contributed by atoms with van der Waals surface area (Å²) in [6, 6.07) is 0.